The molecule has 1 heterocycles. The lowest BCUT2D eigenvalue weighted by molar-refractivity contribution is -0.0314. The molecule has 1 aromatic heterocycles. The molecule has 0 saturated heterocycles. The molecule has 0 bridgehead atoms. The van der Waals surface area contributed by atoms with E-state index >= 15 is 0 Å². The van der Waals surface area contributed by atoms with Crippen LogP contribution in [0.2, 0.25) is 0 Å². The highest BCUT2D eigenvalue weighted by Gasteiger charge is 2.29. The second kappa shape index (κ2) is 4.11. The maximum Gasteiger partial charge on any atom is 0.0833 e. The van der Waals surface area contributed by atoms with Gasteiger partial charge >= 0.3 is 0 Å². The smallest absolute Gasteiger partial charge is 0.0833 e. The van der Waals surface area contributed by atoms with Crippen LogP contribution >= 0.6 is 0 Å². The minimum Gasteiger partial charge on any atom is -0.374 e. The van der Waals surface area contributed by atoms with E-state index in [4.69, 9.17) is 10.5 Å². The number of rotatable bonds is 4. The molecule has 0 aliphatic heterocycles. The molecule has 4 nitrogen and oxygen atoms in total. The first-order valence-corrected chi connectivity index (χ1v) is 4.86. The Balaban J connectivity index is 2.84. The van der Waals surface area contributed by atoms with Crippen molar-refractivity contribution < 1.29 is 4.74 Å². The summed E-state index contributed by atoms with van der Waals surface area (Å²) in [6.45, 7) is 6.62. The number of nitrogens with two attached hydrogens (primary N) is 1. The van der Waals surface area contributed by atoms with Crippen molar-refractivity contribution in [3.05, 3.63) is 18.0 Å². The first-order valence-electron chi connectivity index (χ1n) is 4.86. The normalized spacial score (nSPS) is 14.4. The van der Waals surface area contributed by atoms with Gasteiger partial charge in [-0.25, -0.2) is 0 Å². The van der Waals surface area contributed by atoms with Crippen LogP contribution in [-0.2, 0) is 11.8 Å². The van der Waals surface area contributed by atoms with Gasteiger partial charge in [0, 0.05) is 19.9 Å². The van der Waals surface area contributed by atoms with Gasteiger partial charge in [0.05, 0.1) is 17.3 Å². The van der Waals surface area contributed by atoms with Crippen LogP contribution in [0.15, 0.2) is 12.3 Å². The average molecular weight is 197 g/mol. The van der Waals surface area contributed by atoms with E-state index in [1.54, 1.807) is 10.9 Å². The van der Waals surface area contributed by atoms with Gasteiger partial charge in [-0.2, -0.15) is 5.10 Å². The molecule has 0 saturated carbocycles. The molecule has 1 atom stereocenters. The van der Waals surface area contributed by atoms with Crippen LogP contribution in [0.25, 0.3) is 0 Å². The molecule has 0 spiro atoms. The van der Waals surface area contributed by atoms with Gasteiger partial charge in [-0.05, 0) is 26.8 Å². The SMILES string of the molecule is CCOC(C)(C)C(N)c1ccnn1C. The van der Waals surface area contributed by atoms with Gasteiger partial charge in [0.2, 0.25) is 0 Å². The molecule has 0 aliphatic rings. The Bertz CT molecular complexity index is 293. The fourth-order valence-electron chi connectivity index (χ4n) is 1.51. The van der Waals surface area contributed by atoms with Crippen LogP contribution in [0.1, 0.15) is 32.5 Å². The van der Waals surface area contributed by atoms with Crippen LogP contribution in [0.4, 0.5) is 0 Å². The standard InChI is InChI=1S/C10H19N3O/c1-5-14-10(2,3)9(11)8-6-7-12-13(8)4/h6-7,9H,5,11H2,1-4H3. The van der Waals surface area contributed by atoms with Gasteiger partial charge in [0.15, 0.2) is 0 Å². The third-order valence-electron chi connectivity index (χ3n) is 2.44. The molecule has 4 heteroatoms. The van der Waals surface area contributed by atoms with Crippen molar-refractivity contribution in [1.82, 2.24) is 9.78 Å². The van der Waals surface area contributed by atoms with E-state index in [1.165, 1.54) is 0 Å². The van der Waals surface area contributed by atoms with Crippen LogP contribution in [-0.4, -0.2) is 22.0 Å². The zero-order valence-electron chi connectivity index (χ0n) is 9.32. The molecule has 0 fully saturated rings. The molecule has 1 unspecified atom stereocenters. The fourth-order valence-corrected chi connectivity index (χ4v) is 1.51. The number of nitrogens with zero attached hydrogens (tertiary/aromatic N) is 2. The Morgan fingerprint density at radius 1 is 1.64 bits per heavy atom. The van der Waals surface area contributed by atoms with Crippen LogP contribution in [0, 0.1) is 0 Å². The highest BCUT2D eigenvalue weighted by atomic mass is 16.5. The summed E-state index contributed by atoms with van der Waals surface area (Å²) in [5.74, 6) is 0. The molecule has 1 aromatic rings. The minimum absolute atomic E-state index is 0.157. The molecule has 80 valence electrons. The molecule has 2 N–H and O–H groups in total. The molecule has 0 aromatic carbocycles. The third kappa shape index (κ3) is 2.13. The van der Waals surface area contributed by atoms with Crippen molar-refractivity contribution in [1.29, 1.82) is 0 Å². The summed E-state index contributed by atoms with van der Waals surface area (Å²) in [4.78, 5) is 0. The number of ether oxygens (including phenoxy) is 1. The predicted octanol–water partition coefficient (Wildman–Crippen LogP) is 1.24. The second-order valence-electron chi connectivity index (χ2n) is 3.89. The maximum absolute atomic E-state index is 6.12. The zero-order valence-corrected chi connectivity index (χ0v) is 9.32. The van der Waals surface area contributed by atoms with E-state index in [0.29, 0.717) is 6.61 Å². The highest BCUT2D eigenvalue weighted by molar-refractivity contribution is 5.10. The van der Waals surface area contributed by atoms with E-state index in [9.17, 15) is 0 Å². The van der Waals surface area contributed by atoms with Crippen molar-refractivity contribution >= 4 is 0 Å². The van der Waals surface area contributed by atoms with Gasteiger partial charge in [-0.3, -0.25) is 4.68 Å². The van der Waals surface area contributed by atoms with Crippen molar-refractivity contribution in [2.75, 3.05) is 6.61 Å². The third-order valence-corrected chi connectivity index (χ3v) is 2.44. The molecule has 0 radical (unpaired) electrons. The monoisotopic (exact) mass is 197 g/mol. The molecule has 1 rings (SSSR count). The Morgan fingerprint density at radius 2 is 2.29 bits per heavy atom. The summed E-state index contributed by atoms with van der Waals surface area (Å²) in [5.41, 5.74) is 6.75. The average Bonchev–Trinajstić information content (AvgIpc) is 2.50. The van der Waals surface area contributed by atoms with Crippen molar-refractivity contribution in [3.63, 3.8) is 0 Å². The summed E-state index contributed by atoms with van der Waals surface area (Å²) in [6, 6.07) is 1.76. The van der Waals surface area contributed by atoms with Crippen LogP contribution in [0.5, 0.6) is 0 Å². The fraction of sp³-hybridized carbons (Fsp3) is 0.700. The first kappa shape index (κ1) is 11.2. The summed E-state index contributed by atoms with van der Waals surface area (Å²) in [5, 5.41) is 4.09. The number of aryl methyl sites for hydroxylation is 1. The van der Waals surface area contributed by atoms with Crippen LogP contribution < -0.4 is 5.73 Å². The quantitative estimate of drug-likeness (QED) is 0.790. The molecular formula is C10H19N3O. The lowest BCUT2D eigenvalue weighted by Gasteiger charge is -2.31. The second-order valence-corrected chi connectivity index (χ2v) is 3.89. The largest absolute Gasteiger partial charge is 0.374 e. The van der Waals surface area contributed by atoms with E-state index in [2.05, 4.69) is 5.10 Å². The Morgan fingerprint density at radius 3 is 2.71 bits per heavy atom. The van der Waals surface area contributed by atoms with Gasteiger partial charge in [0.1, 0.15) is 0 Å². The minimum atomic E-state index is -0.359. The molecular weight excluding hydrogens is 178 g/mol. The van der Waals surface area contributed by atoms with Gasteiger partial charge in [-0.15, -0.1) is 0 Å². The van der Waals surface area contributed by atoms with E-state index in [0.717, 1.165) is 5.69 Å². The van der Waals surface area contributed by atoms with Crippen molar-refractivity contribution in [3.8, 4) is 0 Å². The lowest BCUT2D eigenvalue weighted by atomic mass is 9.96. The number of hydrogen-bond donors (Lipinski definition) is 1. The topological polar surface area (TPSA) is 53.1 Å². The Hall–Kier alpha value is -0.870. The molecule has 0 amide bonds. The van der Waals surface area contributed by atoms with Crippen LogP contribution in [0.3, 0.4) is 0 Å². The van der Waals surface area contributed by atoms with E-state index in [-0.39, 0.29) is 11.6 Å². The summed E-state index contributed by atoms with van der Waals surface area (Å²) in [6.07, 6.45) is 1.75. The number of aromatic nitrogens is 2. The van der Waals surface area contributed by atoms with Gasteiger partial charge in [-0.1, -0.05) is 0 Å². The summed E-state index contributed by atoms with van der Waals surface area (Å²) in [7, 11) is 1.89. The molecule has 0 aliphatic carbocycles. The van der Waals surface area contributed by atoms with Gasteiger partial charge < -0.3 is 10.5 Å². The predicted molar refractivity (Wildman–Crippen MR) is 55.8 cm³/mol. The van der Waals surface area contributed by atoms with Gasteiger partial charge in [0.25, 0.3) is 0 Å². The van der Waals surface area contributed by atoms with E-state index in [1.807, 2.05) is 33.9 Å². The highest BCUT2D eigenvalue weighted by Crippen LogP contribution is 2.25. The summed E-state index contributed by atoms with van der Waals surface area (Å²) >= 11 is 0. The Labute approximate surface area is 85.0 Å². The zero-order chi connectivity index (χ0) is 10.8. The Kier molecular flexibility index (Phi) is 3.29. The van der Waals surface area contributed by atoms with Crippen molar-refractivity contribution in [2.24, 2.45) is 12.8 Å². The summed E-state index contributed by atoms with van der Waals surface area (Å²) < 4.78 is 7.39. The maximum atomic E-state index is 6.12. The number of hydrogen-bond acceptors (Lipinski definition) is 3. The molecule has 14 heavy (non-hydrogen) atoms. The van der Waals surface area contributed by atoms with Crippen molar-refractivity contribution in [2.45, 2.75) is 32.4 Å². The van der Waals surface area contributed by atoms with E-state index < -0.39 is 0 Å². The lowest BCUT2D eigenvalue weighted by Crippen LogP contribution is -2.39. The first-order chi connectivity index (χ1) is 6.49.